The molecule has 0 amide bonds. The Morgan fingerprint density at radius 2 is 2.13 bits per heavy atom. The lowest BCUT2D eigenvalue weighted by Crippen LogP contribution is -2.35. The summed E-state index contributed by atoms with van der Waals surface area (Å²) in [5.41, 5.74) is 2.12. The lowest BCUT2D eigenvalue weighted by atomic mass is 9.96. The molecular formula is C18H22FN3O. The molecule has 0 unspecified atom stereocenters. The topological polar surface area (TPSA) is 49.0 Å². The molecule has 1 aromatic carbocycles. The van der Waals surface area contributed by atoms with Crippen LogP contribution in [-0.2, 0) is 6.54 Å². The van der Waals surface area contributed by atoms with Gasteiger partial charge in [-0.15, -0.1) is 0 Å². The van der Waals surface area contributed by atoms with Gasteiger partial charge in [-0.2, -0.15) is 0 Å². The van der Waals surface area contributed by atoms with Gasteiger partial charge < -0.3 is 4.98 Å². The first kappa shape index (κ1) is 15.9. The van der Waals surface area contributed by atoms with E-state index in [2.05, 4.69) is 14.9 Å². The number of aromatic amines is 1. The van der Waals surface area contributed by atoms with Gasteiger partial charge in [-0.25, -0.2) is 9.37 Å². The van der Waals surface area contributed by atoms with Crippen LogP contribution in [0.25, 0.3) is 0 Å². The second kappa shape index (κ2) is 6.62. The normalized spacial score (nSPS) is 19.0. The van der Waals surface area contributed by atoms with E-state index < -0.39 is 0 Å². The third kappa shape index (κ3) is 3.50. The molecular weight excluding hydrogens is 293 g/mol. The molecule has 1 atom stereocenters. The molecule has 4 nitrogen and oxygen atoms in total. The van der Waals surface area contributed by atoms with Crippen molar-refractivity contribution in [2.75, 3.05) is 13.1 Å². The van der Waals surface area contributed by atoms with E-state index in [1.165, 1.54) is 6.07 Å². The molecule has 1 N–H and O–H groups in total. The highest BCUT2D eigenvalue weighted by molar-refractivity contribution is 5.18. The van der Waals surface area contributed by atoms with Crippen molar-refractivity contribution in [1.29, 1.82) is 0 Å². The fourth-order valence-electron chi connectivity index (χ4n) is 3.15. The smallest absolute Gasteiger partial charge is 0.254 e. The number of hydrogen-bond donors (Lipinski definition) is 1. The average molecular weight is 315 g/mol. The number of rotatable bonds is 3. The monoisotopic (exact) mass is 315 g/mol. The van der Waals surface area contributed by atoms with Gasteiger partial charge in [-0.1, -0.05) is 18.2 Å². The zero-order valence-electron chi connectivity index (χ0n) is 13.6. The summed E-state index contributed by atoms with van der Waals surface area (Å²) in [5.74, 6) is 0.797. The van der Waals surface area contributed by atoms with E-state index in [4.69, 9.17) is 0 Å². The van der Waals surface area contributed by atoms with Gasteiger partial charge in [-0.3, -0.25) is 9.69 Å². The van der Waals surface area contributed by atoms with E-state index in [-0.39, 0.29) is 17.3 Å². The number of nitrogens with zero attached hydrogens (tertiary/aromatic N) is 2. The van der Waals surface area contributed by atoms with Crippen molar-refractivity contribution in [3.63, 3.8) is 0 Å². The average Bonchev–Trinajstić information content (AvgIpc) is 2.54. The van der Waals surface area contributed by atoms with Crippen LogP contribution < -0.4 is 5.56 Å². The van der Waals surface area contributed by atoms with Crippen LogP contribution in [0.1, 0.15) is 41.4 Å². The largest absolute Gasteiger partial charge is 0.310 e. The zero-order chi connectivity index (χ0) is 16.4. The molecule has 0 bridgehead atoms. The van der Waals surface area contributed by atoms with E-state index in [0.717, 1.165) is 43.0 Å². The van der Waals surface area contributed by atoms with Crippen LogP contribution in [0.15, 0.2) is 29.1 Å². The highest BCUT2D eigenvalue weighted by Crippen LogP contribution is 2.25. The molecule has 1 fully saturated rings. The van der Waals surface area contributed by atoms with Crippen LogP contribution in [0.3, 0.4) is 0 Å². The Balaban J connectivity index is 1.76. The summed E-state index contributed by atoms with van der Waals surface area (Å²) in [5, 5.41) is 0. The highest BCUT2D eigenvalue weighted by atomic mass is 19.1. The predicted octanol–water partition coefficient (Wildman–Crippen LogP) is 2.91. The van der Waals surface area contributed by atoms with E-state index in [0.29, 0.717) is 12.1 Å². The van der Waals surface area contributed by atoms with Crippen LogP contribution in [-0.4, -0.2) is 28.0 Å². The Hall–Kier alpha value is -2.01. The first-order valence-corrected chi connectivity index (χ1v) is 8.08. The number of likely N-dealkylation sites (tertiary alicyclic amines) is 1. The van der Waals surface area contributed by atoms with Crippen molar-refractivity contribution in [3.05, 3.63) is 63.1 Å². The Bertz CT molecular complexity index is 756. The van der Waals surface area contributed by atoms with Crippen molar-refractivity contribution in [2.45, 2.75) is 39.2 Å². The summed E-state index contributed by atoms with van der Waals surface area (Å²) < 4.78 is 13.8. The summed E-state index contributed by atoms with van der Waals surface area (Å²) in [6, 6.07) is 6.90. The molecule has 122 valence electrons. The lowest BCUT2D eigenvalue weighted by molar-refractivity contribution is 0.194. The number of benzene rings is 1. The Morgan fingerprint density at radius 1 is 1.35 bits per heavy atom. The van der Waals surface area contributed by atoms with Gasteiger partial charge in [-0.05, 0) is 39.3 Å². The lowest BCUT2D eigenvalue weighted by Gasteiger charge is -2.32. The quantitative estimate of drug-likeness (QED) is 0.947. The second-order valence-electron chi connectivity index (χ2n) is 6.33. The standard InChI is InChI=1S/C18H22FN3O/c1-12-13(2)20-17(21-18(12)23)15-7-5-9-22(11-15)10-14-6-3-4-8-16(14)19/h3-4,6,8,15H,5,7,9-11H2,1-2H3,(H,20,21,23)/t15-/m0/s1. The molecule has 23 heavy (non-hydrogen) atoms. The van der Waals surface area contributed by atoms with Crippen molar-refractivity contribution in [3.8, 4) is 0 Å². The Kier molecular flexibility index (Phi) is 4.57. The molecule has 3 rings (SSSR count). The maximum Gasteiger partial charge on any atom is 0.254 e. The summed E-state index contributed by atoms with van der Waals surface area (Å²) >= 11 is 0. The van der Waals surface area contributed by atoms with E-state index in [9.17, 15) is 9.18 Å². The van der Waals surface area contributed by atoms with Gasteiger partial charge >= 0.3 is 0 Å². The molecule has 0 spiro atoms. The number of aryl methyl sites for hydroxylation is 1. The first-order valence-electron chi connectivity index (χ1n) is 8.08. The van der Waals surface area contributed by atoms with E-state index in [1.54, 1.807) is 13.0 Å². The van der Waals surface area contributed by atoms with Gasteiger partial charge in [0.1, 0.15) is 11.6 Å². The van der Waals surface area contributed by atoms with Crippen LogP contribution in [0, 0.1) is 19.7 Å². The van der Waals surface area contributed by atoms with Gasteiger partial charge in [0.25, 0.3) is 5.56 Å². The number of piperidine rings is 1. The number of H-pyrrole nitrogens is 1. The summed E-state index contributed by atoms with van der Waals surface area (Å²) in [4.78, 5) is 21.7. The van der Waals surface area contributed by atoms with Gasteiger partial charge in [0.05, 0.1) is 0 Å². The molecule has 2 aromatic rings. The van der Waals surface area contributed by atoms with Gasteiger partial charge in [0, 0.05) is 35.8 Å². The van der Waals surface area contributed by atoms with Crippen molar-refractivity contribution < 1.29 is 4.39 Å². The van der Waals surface area contributed by atoms with E-state index in [1.807, 2.05) is 19.1 Å². The molecule has 0 radical (unpaired) electrons. The fourth-order valence-corrected chi connectivity index (χ4v) is 3.15. The molecule has 1 aliphatic rings. The minimum Gasteiger partial charge on any atom is -0.310 e. The molecule has 1 saturated heterocycles. The van der Waals surface area contributed by atoms with Gasteiger partial charge in [0.15, 0.2) is 0 Å². The number of hydrogen-bond acceptors (Lipinski definition) is 3. The maximum atomic E-state index is 13.8. The molecule has 0 saturated carbocycles. The van der Waals surface area contributed by atoms with E-state index >= 15 is 0 Å². The Morgan fingerprint density at radius 3 is 2.87 bits per heavy atom. The summed E-state index contributed by atoms with van der Waals surface area (Å²) in [7, 11) is 0. The van der Waals surface area contributed by atoms with Crippen LogP contribution in [0.5, 0.6) is 0 Å². The number of halogens is 1. The SMILES string of the molecule is Cc1nc([C@H]2CCCN(Cc3ccccc3F)C2)[nH]c(=O)c1C. The van der Waals surface area contributed by atoms with Crippen molar-refractivity contribution in [1.82, 2.24) is 14.9 Å². The molecule has 5 heteroatoms. The van der Waals surface area contributed by atoms with Gasteiger partial charge in [0.2, 0.25) is 0 Å². The zero-order valence-corrected chi connectivity index (χ0v) is 13.6. The maximum absolute atomic E-state index is 13.8. The van der Waals surface area contributed by atoms with Crippen LogP contribution in [0.2, 0.25) is 0 Å². The Labute approximate surface area is 135 Å². The summed E-state index contributed by atoms with van der Waals surface area (Å²) in [6.45, 7) is 5.99. The fraction of sp³-hybridized carbons (Fsp3) is 0.444. The third-order valence-corrected chi connectivity index (χ3v) is 4.66. The highest BCUT2D eigenvalue weighted by Gasteiger charge is 2.24. The van der Waals surface area contributed by atoms with Crippen LogP contribution in [0.4, 0.5) is 4.39 Å². The predicted molar refractivity (Wildman–Crippen MR) is 88.0 cm³/mol. The van der Waals surface area contributed by atoms with Crippen molar-refractivity contribution >= 4 is 0 Å². The summed E-state index contributed by atoms with van der Waals surface area (Å²) in [6.07, 6.45) is 2.02. The molecule has 1 aromatic heterocycles. The first-order chi connectivity index (χ1) is 11.0. The minimum atomic E-state index is -0.160. The molecule has 1 aliphatic heterocycles. The molecule has 0 aliphatic carbocycles. The second-order valence-corrected chi connectivity index (χ2v) is 6.33. The van der Waals surface area contributed by atoms with Crippen molar-refractivity contribution in [2.24, 2.45) is 0 Å². The number of aromatic nitrogens is 2. The molecule has 2 heterocycles. The minimum absolute atomic E-state index is 0.0567. The number of nitrogens with one attached hydrogen (secondary N) is 1. The van der Waals surface area contributed by atoms with Crippen LogP contribution >= 0.6 is 0 Å². The third-order valence-electron chi connectivity index (χ3n) is 4.66.